The first kappa shape index (κ1) is 23.7. The van der Waals surface area contributed by atoms with E-state index in [1.54, 1.807) is 18.2 Å². The topological polar surface area (TPSA) is 91.4 Å². The van der Waals surface area contributed by atoms with E-state index < -0.39 is 11.8 Å². The van der Waals surface area contributed by atoms with Crippen LogP contribution in [0.4, 0.5) is 15.9 Å². The van der Waals surface area contributed by atoms with Gasteiger partial charge in [-0.15, -0.1) is 5.10 Å². The lowest BCUT2D eigenvalue weighted by atomic mass is 9.97. The molecular formula is C28H28Cl2FN7. The van der Waals surface area contributed by atoms with E-state index in [4.69, 9.17) is 24.6 Å². The Kier molecular flexibility index (Phi) is 6.06. The molecule has 1 aliphatic rings. The maximum absolute atomic E-state index is 15.3. The molecular weight excluding hydrogens is 524 g/mol. The van der Waals surface area contributed by atoms with E-state index in [0.717, 1.165) is 12.8 Å². The van der Waals surface area contributed by atoms with Crippen LogP contribution in [0.25, 0.3) is 10.9 Å². The molecule has 5 rings (SSSR count). The minimum Gasteiger partial charge on any atom is -0.372 e. The van der Waals surface area contributed by atoms with Crippen LogP contribution in [0.3, 0.4) is 0 Å². The second-order valence-corrected chi connectivity index (χ2v) is 11.8. The number of halogens is 3. The van der Waals surface area contributed by atoms with Crippen LogP contribution in [0.15, 0.2) is 42.6 Å². The zero-order chi connectivity index (χ0) is 29.0. The van der Waals surface area contributed by atoms with Crippen molar-refractivity contribution >= 4 is 45.6 Å². The zero-order valence-corrected chi connectivity index (χ0v) is 23.0. The van der Waals surface area contributed by atoms with Crippen molar-refractivity contribution in [2.75, 3.05) is 17.2 Å². The van der Waals surface area contributed by atoms with Crippen LogP contribution in [-0.4, -0.2) is 26.5 Å². The van der Waals surface area contributed by atoms with Gasteiger partial charge in [0.1, 0.15) is 29.4 Å². The molecule has 0 unspecified atom stereocenters. The second kappa shape index (κ2) is 9.72. The number of pyridine rings is 1. The summed E-state index contributed by atoms with van der Waals surface area (Å²) in [5.74, 6) is -0.319. The molecule has 7 nitrogen and oxygen atoms in total. The van der Waals surface area contributed by atoms with E-state index in [0.29, 0.717) is 34.5 Å². The van der Waals surface area contributed by atoms with Crippen molar-refractivity contribution in [3.8, 4) is 6.07 Å². The van der Waals surface area contributed by atoms with Gasteiger partial charge in [0, 0.05) is 28.2 Å². The highest BCUT2D eigenvalue weighted by atomic mass is 35.5. The number of benzene rings is 2. The van der Waals surface area contributed by atoms with Gasteiger partial charge in [0.2, 0.25) is 0 Å². The molecule has 1 saturated carbocycles. The molecule has 38 heavy (non-hydrogen) atoms. The Labute approximate surface area is 233 Å². The van der Waals surface area contributed by atoms with Gasteiger partial charge >= 0.3 is 0 Å². The van der Waals surface area contributed by atoms with Crippen LogP contribution >= 0.6 is 23.2 Å². The molecule has 0 bridgehead atoms. The van der Waals surface area contributed by atoms with Crippen molar-refractivity contribution < 1.29 is 7.13 Å². The quantitative estimate of drug-likeness (QED) is 0.249. The number of fused-ring (bicyclic) bond motifs is 1. The molecule has 4 aromatic rings. The molecule has 1 aliphatic carbocycles. The standard InChI is InChI=1S/C28H28Cl2FN7/c1-27(2,3)15-33-26-17(13-32)10-16-11-18(12-20(30)24(16)35-26)34-25(23-19(29)6-5-7-21(23)31)22-14-38(37-36-22)28(4)8-9-28/h5-7,10-12,14,25,34H,8-9,15H2,1-4H3,(H,33,35)/t25-/m1/s1/i14D,25D. The van der Waals surface area contributed by atoms with E-state index in [-0.39, 0.29) is 38.4 Å². The third-order valence-electron chi connectivity index (χ3n) is 6.43. The normalized spacial score (nSPS) is 16.8. The first-order chi connectivity index (χ1) is 18.8. The van der Waals surface area contributed by atoms with Gasteiger partial charge in [0.15, 0.2) is 0 Å². The van der Waals surface area contributed by atoms with Crippen LogP contribution in [-0.2, 0) is 5.54 Å². The number of aromatic nitrogens is 4. The predicted octanol–water partition coefficient (Wildman–Crippen LogP) is 7.31. The Morgan fingerprint density at radius 3 is 2.68 bits per heavy atom. The Hall–Kier alpha value is -3.41. The third-order valence-corrected chi connectivity index (χ3v) is 7.03. The van der Waals surface area contributed by atoms with Gasteiger partial charge in [-0.05, 0) is 55.5 Å². The molecule has 0 radical (unpaired) electrons. The fourth-order valence-corrected chi connectivity index (χ4v) is 4.51. The van der Waals surface area contributed by atoms with Crippen LogP contribution in [0.5, 0.6) is 0 Å². The van der Waals surface area contributed by atoms with Crippen molar-refractivity contribution in [1.82, 2.24) is 20.0 Å². The Bertz CT molecular complexity index is 1650. The van der Waals surface area contributed by atoms with Crippen molar-refractivity contribution in [2.45, 2.75) is 52.1 Å². The maximum Gasteiger partial charge on any atom is 0.144 e. The minimum absolute atomic E-state index is 0.0102. The Balaban J connectivity index is 1.63. The van der Waals surface area contributed by atoms with Gasteiger partial charge in [-0.3, -0.25) is 0 Å². The highest BCUT2D eigenvalue weighted by molar-refractivity contribution is 6.35. The highest BCUT2D eigenvalue weighted by Crippen LogP contribution is 2.43. The van der Waals surface area contributed by atoms with Gasteiger partial charge in [-0.25, -0.2) is 14.1 Å². The fraction of sp³-hybridized carbons (Fsp3) is 0.357. The number of nitrogens with one attached hydrogen (secondary N) is 2. The van der Waals surface area contributed by atoms with Crippen molar-refractivity contribution in [2.24, 2.45) is 5.41 Å². The van der Waals surface area contributed by atoms with E-state index >= 15 is 4.39 Å². The molecule has 0 spiro atoms. The summed E-state index contributed by atoms with van der Waals surface area (Å²) in [5.41, 5.74) is 0.381. The largest absolute Gasteiger partial charge is 0.372 e. The first-order valence-corrected chi connectivity index (χ1v) is 13.0. The van der Waals surface area contributed by atoms with Crippen LogP contribution in [0.1, 0.15) is 66.1 Å². The summed E-state index contributed by atoms with van der Waals surface area (Å²) in [6.45, 7) is 8.75. The van der Waals surface area contributed by atoms with Gasteiger partial charge in [-0.2, -0.15) is 5.26 Å². The maximum atomic E-state index is 15.3. The van der Waals surface area contributed by atoms with Gasteiger partial charge in [-0.1, -0.05) is 55.3 Å². The lowest BCUT2D eigenvalue weighted by Crippen LogP contribution is -2.20. The summed E-state index contributed by atoms with van der Waals surface area (Å²) in [6.07, 6.45) is 1.53. The Morgan fingerprint density at radius 1 is 1.26 bits per heavy atom. The summed E-state index contributed by atoms with van der Waals surface area (Å²) in [4.78, 5) is 4.61. The van der Waals surface area contributed by atoms with Crippen LogP contribution in [0.2, 0.25) is 10.0 Å². The van der Waals surface area contributed by atoms with Gasteiger partial charge in [0.05, 0.1) is 30.6 Å². The number of nitrogens with zero attached hydrogens (tertiary/aromatic N) is 5. The van der Waals surface area contributed by atoms with Crippen molar-refractivity contribution in [1.29, 1.82) is 5.26 Å². The van der Waals surface area contributed by atoms with Crippen LogP contribution in [0, 0.1) is 22.6 Å². The van der Waals surface area contributed by atoms with Gasteiger partial charge < -0.3 is 10.6 Å². The molecule has 2 N–H and O–H groups in total. The predicted molar refractivity (Wildman–Crippen MR) is 149 cm³/mol. The molecule has 196 valence electrons. The molecule has 0 amide bonds. The number of hydrogen-bond donors (Lipinski definition) is 2. The molecule has 2 heterocycles. The average molecular weight is 554 g/mol. The molecule has 10 heteroatoms. The average Bonchev–Trinajstić information content (AvgIpc) is 3.48. The number of rotatable bonds is 7. The lowest BCUT2D eigenvalue weighted by Gasteiger charge is -2.21. The minimum atomic E-state index is -2.14. The number of nitriles is 1. The lowest BCUT2D eigenvalue weighted by molar-refractivity contribution is 0.442. The molecule has 1 atom stereocenters. The van der Waals surface area contributed by atoms with E-state index in [2.05, 4.69) is 52.8 Å². The molecule has 2 aromatic heterocycles. The zero-order valence-electron chi connectivity index (χ0n) is 23.5. The third kappa shape index (κ3) is 5.27. The van der Waals surface area contributed by atoms with Crippen molar-refractivity contribution in [3.63, 3.8) is 0 Å². The molecule has 0 saturated heterocycles. The van der Waals surface area contributed by atoms with Gasteiger partial charge in [0.25, 0.3) is 0 Å². The SMILES string of the molecule is [2H]c1c([C@@]([2H])(Nc2cc(Cl)c3nc(NCC(C)(C)C)c(C#N)cc3c2)c2c(F)cccc2Cl)nnn1C1(C)CC1. The Morgan fingerprint density at radius 2 is 2.03 bits per heavy atom. The molecule has 2 aromatic carbocycles. The first-order valence-electron chi connectivity index (χ1n) is 13.2. The van der Waals surface area contributed by atoms with Crippen molar-refractivity contribution in [3.05, 3.63) is 75.3 Å². The summed E-state index contributed by atoms with van der Waals surface area (Å²) < 4.78 is 35.1. The summed E-state index contributed by atoms with van der Waals surface area (Å²) >= 11 is 13.1. The van der Waals surface area contributed by atoms with E-state index in [9.17, 15) is 6.63 Å². The van der Waals surface area contributed by atoms with E-state index in [1.807, 2.05) is 6.92 Å². The smallest absolute Gasteiger partial charge is 0.144 e. The number of anilines is 2. The molecule has 1 fully saturated rings. The number of hydrogen-bond acceptors (Lipinski definition) is 6. The monoisotopic (exact) mass is 553 g/mol. The summed E-state index contributed by atoms with van der Waals surface area (Å²) in [5, 5.41) is 25.1. The van der Waals surface area contributed by atoms with Crippen LogP contribution < -0.4 is 10.6 Å². The highest BCUT2D eigenvalue weighted by Gasteiger charge is 2.41. The fourth-order valence-electron chi connectivity index (χ4n) is 3.98. The molecule has 0 aliphatic heterocycles. The summed E-state index contributed by atoms with van der Waals surface area (Å²) in [6, 6.07) is 9.03. The summed E-state index contributed by atoms with van der Waals surface area (Å²) in [7, 11) is 0. The van der Waals surface area contributed by atoms with E-state index in [1.165, 1.54) is 22.9 Å². The second-order valence-electron chi connectivity index (χ2n) is 11.0.